The number of aromatic nitrogens is 1. The van der Waals surface area contributed by atoms with Crippen LogP contribution in [0.2, 0.25) is 5.02 Å². The summed E-state index contributed by atoms with van der Waals surface area (Å²) in [5.74, 6) is -3.28. The van der Waals surface area contributed by atoms with Gasteiger partial charge < -0.3 is 35.1 Å². The van der Waals surface area contributed by atoms with E-state index in [-0.39, 0.29) is 57.8 Å². The number of nitrogens with zero attached hydrogens (tertiary/aromatic N) is 3. The van der Waals surface area contributed by atoms with Gasteiger partial charge in [-0.25, -0.2) is 22.8 Å². The number of carbonyl (C=O) groups excluding carboxylic acids is 3. The average Bonchev–Trinajstić information content (AvgIpc) is 3.77. The van der Waals surface area contributed by atoms with E-state index < -0.39 is 40.1 Å². The summed E-state index contributed by atoms with van der Waals surface area (Å²) < 4.78 is 36.8. The van der Waals surface area contributed by atoms with E-state index in [0.717, 1.165) is 46.3 Å². The third-order valence-electron chi connectivity index (χ3n) is 12.7. The quantitative estimate of drug-likeness (QED) is 0.0711. The van der Waals surface area contributed by atoms with Gasteiger partial charge in [-0.05, 0) is 117 Å². The van der Waals surface area contributed by atoms with Gasteiger partial charge in [0.25, 0.3) is 0 Å². The van der Waals surface area contributed by atoms with E-state index >= 15 is 0 Å². The standard InChI is InChI=1S/C47H51ClN6O10S2/c1-27-24-53(37-12-13-38(55)51-44(37)58)36-11-10-30(22-35(27)36)29-14-17-52(18-15-29)46(61)50-32-8-4-6-28(20-32)26-66(62,63)54-19-16-34(23-47(54,2)3)49-33-9-5-7-31(21-33)42-40(48)41(64-25-39(56)57)43(65-42)45(59)60/h4-11,20-22,24,29,34,37,49H,12-19,23,25-26H2,1-3H3,(H,50,61)(H,56,57)(H,59,60)(H,51,55,58)/t34-,37?/m0/s1. The number of carboxylic acid groups (broad SMARTS) is 2. The topological polar surface area (TPSA) is 217 Å². The van der Waals surface area contributed by atoms with Crippen LogP contribution in [0.1, 0.15) is 90.7 Å². The van der Waals surface area contributed by atoms with Gasteiger partial charge in [-0.2, -0.15) is 4.31 Å². The number of likely N-dealkylation sites (tertiary alicyclic amines) is 1. The first-order valence-electron chi connectivity index (χ1n) is 21.7. The van der Waals surface area contributed by atoms with Crippen molar-refractivity contribution in [2.45, 2.75) is 88.6 Å². The molecule has 4 amide bonds. The van der Waals surface area contributed by atoms with Crippen molar-refractivity contribution in [1.29, 1.82) is 0 Å². The lowest BCUT2D eigenvalue weighted by atomic mass is 9.88. The number of carboxylic acids is 2. The number of hydrogen-bond donors (Lipinski definition) is 5. The van der Waals surface area contributed by atoms with Crippen molar-refractivity contribution >= 4 is 85.0 Å². The third kappa shape index (κ3) is 9.91. The first-order chi connectivity index (χ1) is 31.4. The maximum Gasteiger partial charge on any atom is 0.349 e. The highest BCUT2D eigenvalue weighted by atomic mass is 35.5. The molecule has 2 aromatic heterocycles. The molecule has 3 aromatic carbocycles. The summed E-state index contributed by atoms with van der Waals surface area (Å²) in [5, 5.41) is 28.8. The second-order valence-corrected chi connectivity index (χ2v) is 21.1. The molecule has 3 saturated heterocycles. The Bertz CT molecular complexity index is 2850. The van der Waals surface area contributed by atoms with Crippen LogP contribution >= 0.6 is 22.9 Å². The van der Waals surface area contributed by atoms with Crippen LogP contribution in [0.4, 0.5) is 16.2 Å². The second kappa shape index (κ2) is 18.7. The highest BCUT2D eigenvalue weighted by Crippen LogP contribution is 2.46. The Morgan fingerprint density at radius 3 is 2.41 bits per heavy atom. The number of thiophene rings is 1. The molecule has 3 aliphatic heterocycles. The van der Waals surface area contributed by atoms with Crippen LogP contribution < -0.4 is 20.7 Å². The molecule has 2 atom stereocenters. The Hall–Kier alpha value is -5.95. The average molecular weight is 960 g/mol. The number of ether oxygens (including phenoxy) is 1. The number of urea groups is 1. The summed E-state index contributed by atoms with van der Waals surface area (Å²) in [7, 11) is -3.79. The van der Waals surface area contributed by atoms with Gasteiger partial charge >= 0.3 is 18.0 Å². The number of hydrogen-bond acceptors (Lipinski definition) is 10. The van der Waals surface area contributed by atoms with Gasteiger partial charge in [0.05, 0.1) is 10.6 Å². The fourth-order valence-corrected chi connectivity index (χ4v) is 12.9. The Labute approximate surface area is 390 Å². The molecule has 5 heterocycles. The van der Waals surface area contributed by atoms with Crippen LogP contribution in [0.15, 0.2) is 72.9 Å². The van der Waals surface area contributed by atoms with E-state index in [1.165, 1.54) is 5.56 Å². The Morgan fingerprint density at radius 2 is 1.70 bits per heavy atom. The SMILES string of the molecule is Cc1cn(C2CCC(=O)NC2=O)c2ccc(C3CCN(C(=O)Nc4cccc(CS(=O)(=O)N5CC[C@H](Nc6cccc(-c7sc(C(=O)O)c(OCC(=O)O)c7Cl)c6)CC5(C)C)c4)CC3)cc12. The zero-order valence-electron chi connectivity index (χ0n) is 36.6. The van der Waals surface area contributed by atoms with Crippen molar-refractivity contribution in [3.05, 3.63) is 99.5 Å². The number of carbonyl (C=O) groups is 5. The van der Waals surface area contributed by atoms with Gasteiger partial charge in [0.2, 0.25) is 21.8 Å². The van der Waals surface area contributed by atoms with Gasteiger partial charge in [-0.1, -0.05) is 41.9 Å². The van der Waals surface area contributed by atoms with E-state index in [4.69, 9.17) is 21.4 Å². The molecular formula is C47H51ClN6O10S2. The van der Waals surface area contributed by atoms with E-state index in [2.05, 4.69) is 28.1 Å². The number of fused-ring (bicyclic) bond motifs is 1. The van der Waals surface area contributed by atoms with Crippen LogP contribution in [0.5, 0.6) is 5.75 Å². The molecule has 0 bridgehead atoms. The Balaban J connectivity index is 0.852. The molecule has 0 saturated carbocycles. The Kier molecular flexibility index (Phi) is 13.2. The molecule has 1 unspecified atom stereocenters. The molecule has 5 N–H and O–H groups in total. The fourth-order valence-electron chi connectivity index (χ4n) is 9.54. The van der Waals surface area contributed by atoms with Gasteiger partial charge in [-0.3, -0.25) is 14.9 Å². The molecule has 16 nitrogen and oxygen atoms in total. The molecule has 0 radical (unpaired) electrons. The monoisotopic (exact) mass is 958 g/mol. The molecule has 66 heavy (non-hydrogen) atoms. The molecule has 3 aliphatic rings. The number of amides is 4. The molecule has 3 fully saturated rings. The first kappa shape index (κ1) is 46.6. The first-order valence-corrected chi connectivity index (χ1v) is 24.5. The third-order valence-corrected chi connectivity index (χ3v) is 16.4. The molecule has 19 heteroatoms. The lowest BCUT2D eigenvalue weighted by Gasteiger charge is -2.45. The number of nitrogens with one attached hydrogen (secondary N) is 3. The number of halogens is 1. The van der Waals surface area contributed by atoms with Crippen LogP contribution in [-0.4, -0.2) is 100 Å². The highest BCUT2D eigenvalue weighted by molar-refractivity contribution is 7.88. The van der Waals surface area contributed by atoms with Gasteiger partial charge in [0.1, 0.15) is 11.1 Å². The summed E-state index contributed by atoms with van der Waals surface area (Å²) in [4.78, 5) is 62.8. The summed E-state index contributed by atoms with van der Waals surface area (Å²) in [6.07, 6.45) is 5.30. The van der Waals surface area contributed by atoms with Crippen molar-refractivity contribution in [3.8, 4) is 16.2 Å². The number of aliphatic carboxylic acids is 1. The van der Waals surface area contributed by atoms with Crippen LogP contribution in [0.3, 0.4) is 0 Å². The number of anilines is 2. The summed E-state index contributed by atoms with van der Waals surface area (Å²) in [6.45, 7) is 6.43. The number of aryl methyl sites for hydroxylation is 1. The van der Waals surface area contributed by atoms with E-state index in [9.17, 15) is 37.5 Å². The van der Waals surface area contributed by atoms with Gasteiger partial charge in [0, 0.05) is 66.1 Å². The van der Waals surface area contributed by atoms with Crippen LogP contribution in [-0.2, 0) is 30.2 Å². The van der Waals surface area contributed by atoms with E-state index in [1.807, 2.05) is 49.7 Å². The Morgan fingerprint density at radius 1 is 0.955 bits per heavy atom. The number of rotatable bonds is 13. The van der Waals surface area contributed by atoms with E-state index in [0.29, 0.717) is 60.5 Å². The molecule has 348 valence electrons. The van der Waals surface area contributed by atoms with E-state index in [1.54, 1.807) is 45.6 Å². The van der Waals surface area contributed by atoms with Crippen LogP contribution in [0.25, 0.3) is 21.3 Å². The minimum absolute atomic E-state index is 0.00390. The molecule has 8 rings (SSSR count). The predicted molar refractivity (Wildman–Crippen MR) is 252 cm³/mol. The molecule has 0 aliphatic carbocycles. The molecule has 0 spiro atoms. The number of aromatic carboxylic acids is 1. The maximum atomic E-state index is 14.0. The van der Waals surface area contributed by atoms with Gasteiger partial charge in [-0.15, -0.1) is 11.3 Å². The minimum atomic E-state index is -3.79. The molecule has 5 aromatic rings. The summed E-state index contributed by atoms with van der Waals surface area (Å²) >= 11 is 7.41. The second-order valence-electron chi connectivity index (χ2n) is 17.8. The zero-order valence-corrected chi connectivity index (χ0v) is 39.0. The fraction of sp³-hybridized carbons (Fsp3) is 0.383. The minimum Gasteiger partial charge on any atom is -0.479 e. The summed E-state index contributed by atoms with van der Waals surface area (Å²) in [5.41, 5.74) is 4.81. The number of piperidine rings is 3. The predicted octanol–water partition coefficient (Wildman–Crippen LogP) is 8.07. The van der Waals surface area contributed by atoms with Gasteiger partial charge in [0.15, 0.2) is 17.2 Å². The van der Waals surface area contributed by atoms with Crippen molar-refractivity contribution < 1.29 is 47.3 Å². The van der Waals surface area contributed by atoms with Crippen molar-refractivity contribution in [3.63, 3.8) is 0 Å². The maximum absolute atomic E-state index is 14.0. The highest BCUT2D eigenvalue weighted by Gasteiger charge is 2.42. The number of benzene rings is 3. The lowest BCUT2D eigenvalue weighted by molar-refractivity contribution is -0.139. The molecular weight excluding hydrogens is 908 g/mol. The summed E-state index contributed by atoms with van der Waals surface area (Å²) in [6, 6.07) is 19.7. The van der Waals surface area contributed by atoms with Crippen molar-refractivity contribution in [2.75, 3.05) is 36.9 Å². The largest absolute Gasteiger partial charge is 0.479 e. The van der Waals surface area contributed by atoms with Crippen molar-refractivity contribution in [1.82, 2.24) is 19.1 Å². The zero-order chi connectivity index (χ0) is 47.1. The number of sulfonamides is 1. The van der Waals surface area contributed by atoms with Crippen LogP contribution in [0, 0.1) is 6.92 Å². The number of imide groups is 1. The lowest BCUT2D eigenvalue weighted by Crippen LogP contribution is -2.55. The smallest absolute Gasteiger partial charge is 0.349 e. The normalized spacial score (nSPS) is 19.4. The van der Waals surface area contributed by atoms with Crippen molar-refractivity contribution in [2.24, 2.45) is 0 Å².